The molecule has 1 N–H and O–H groups in total. The Morgan fingerprint density at radius 2 is 1.69 bits per heavy atom. The predicted octanol–water partition coefficient (Wildman–Crippen LogP) is 4.15. The molecule has 4 nitrogen and oxygen atoms in total. The van der Waals surface area contributed by atoms with E-state index in [4.69, 9.17) is 0 Å². The number of carbonyl (C=O) groups is 1. The fourth-order valence-electron chi connectivity index (χ4n) is 4.04. The molecule has 1 aliphatic rings. The second-order valence-electron chi connectivity index (χ2n) is 8.00. The number of hydrogen-bond acceptors (Lipinski definition) is 3. The van der Waals surface area contributed by atoms with Crippen LogP contribution in [0.15, 0.2) is 66.7 Å². The first-order valence-electron chi connectivity index (χ1n) is 10.4. The summed E-state index contributed by atoms with van der Waals surface area (Å²) in [6.07, 6.45) is 0. The van der Waals surface area contributed by atoms with Crippen LogP contribution < -0.4 is 10.2 Å². The molecular weight excluding hydrogens is 358 g/mol. The fraction of sp³-hybridized carbons (Fsp3) is 0.320. The van der Waals surface area contributed by atoms with E-state index < -0.39 is 0 Å². The lowest BCUT2D eigenvalue weighted by Crippen LogP contribution is -2.49. The van der Waals surface area contributed by atoms with Gasteiger partial charge in [-0.2, -0.15) is 0 Å². The molecule has 150 valence electrons. The van der Waals surface area contributed by atoms with Crippen molar-refractivity contribution in [3.63, 3.8) is 0 Å². The molecule has 1 aliphatic heterocycles. The van der Waals surface area contributed by atoms with Gasteiger partial charge < -0.3 is 10.2 Å². The van der Waals surface area contributed by atoms with Crippen molar-refractivity contribution in [3.05, 3.63) is 77.9 Å². The molecule has 1 heterocycles. The van der Waals surface area contributed by atoms with E-state index in [1.54, 1.807) is 0 Å². The zero-order valence-electron chi connectivity index (χ0n) is 17.3. The number of fused-ring (bicyclic) bond motifs is 1. The van der Waals surface area contributed by atoms with Gasteiger partial charge in [-0.15, -0.1) is 0 Å². The lowest BCUT2D eigenvalue weighted by Gasteiger charge is -2.36. The molecule has 1 saturated heterocycles. The topological polar surface area (TPSA) is 35.6 Å². The van der Waals surface area contributed by atoms with Crippen molar-refractivity contribution in [1.29, 1.82) is 0 Å². The SMILES string of the molecule is Cc1cccc(N2CCN(CC(=O)NC(C)c3ccc4ccccc4c3)CC2)c1. The number of carbonyl (C=O) groups excluding carboxylic acids is 1. The largest absolute Gasteiger partial charge is 0.369 e. The first-order chi connectivity index (χ1) is 14.1. The summed E-state index contributed by atoms with van der Waals surface area (Å²) in [5.74, 6) is 0.0923. The molecule has 0 spiro atoms. The van der Waals surface area contributed by atoms with Gasteiger partial charge in [0.05, 0.1) is 12.6 Å². The van der Waals surface area contributed by atoms with Crippen LogP contribution >= 0.6 is 0 Å². The Balaban J connectivity index is 1.29. The van der Waals surface area contributed by atoms with Crippen molar-refractivity contribution in [2.45, 2.75) is 19.9 Å². The van der Waals surface area contributed by atoms with Gasteiger partial charge in [-0.05, 0) is 53.9 Å². The molecule has 1 fully saturated rings. The van der Waals surface area contributed by atoms with Crippen LogP contribution in [0.3, 0.4) is 0 Å². The van der Waals surface area contributed by atoms with Crippen LogP contribution in [-0.4, -0.2) is 43.5 Å². The van der Waals surface area contributed by atoms with Gasteiger partial charge in [-0.25, -0.2) is 0 Å². The minimum atomic E-state index is 0.000638. The van der Waals surface area contributed by atoms with Crippen LogP contribution in [0, 0.1) is 6.92 Å². The summed E-state index contributed by atoms with van der Waals surface area (Å²) in [6.45, 7) is 8.36. The van der Waals surface area contributed by atoms with E-state index in [1.807, 2.05) is 12.1 Å². The number of piperazine rings is 1. The molecule has 0 aliphatic carbocycles. The van der Waals surface area contributed by atoms with E-state index in [2.05, 4.69) is 83.6 Å². The minimum absolute atomic E-state index is 0.000638. The van der Waals surface area contributed by atoms with Crippen LogP contribution in [0.1, 0.15) is 24.1 Å². The molecule has 3 aromatic carbocycles. The predicted molar refractivity (Wildman–Crippen MR) is 120 cm³/mol. The summed E-state index contributed by atoms with van der Waals surface area (Å²) in [4.78, 5) is 17.2. The highest BCUT2D eigenvalue weighted by atomic mass is 16.2. The standard InChI is InChI=1S/C25H29N3O/c1-19-6-5-9-24(16-19)28-14-12-27(13-15-28)18-25(29)26-20(2)22-11-10-21-7-3-4-8-23(21)17-22/h3-11,16-17,20H,12-15,18H2,1-2H3,(H,26,29). The summed E-state index contributed by atoms with van der Waals surface area (Å²) in [6, 6.07) is 23.3. The van der Waals surface area contributed by atoms with E-state index in [0.29, 0.717) is 6.54 Å². The third-order valence-electron chi connectivity index (χ3n) is 5.76. The van der Waals surface area contributed by atoms with Crippen molar-refractivity contribution in [2.24, 2.45) is 0 Å². The van der Waals surface area contributed by atoms with Crippen LogP contribution in [0.4, 0.5) is 5.69 Å². The second kappa shape index (κ2) is 8.66. The van der Waals surface area contributed by atoms with Gasteiger partial charge in [0.15, 0.2) is 0 Å². The van der Waals surface area contributed by atoms with Gasteiger partial charge in [0.25, 0.3) is 0 Å². The molecule has 29 heavy (non-hydrogen) atoms. The van der Waals surface area contributed by atoms with E-state index in [0.717, 1.165) is 31.7 Å². The average molecular weight is 388 g/mol. The van der Waals surface area contributed by atoms with Gasteiger partial charge >= 0.3 is 0 Å². The van der Waals surface area contributed by atoms with Crippen molar-refractivity contribution in [1.82, 2.24) is 10.2 Å². The highest BCUT2D eigenvalue weighted by molar-refractivity contribution is 5.83. The molecule has 0 saturated carbocycles. The van der Waals surface area contributed by atoms with Crippen molar-refractivity contribution in [3.8, 4) is 0 Å². The van der Waals surface area contributed by atoms with E-state index in [9.17, 15) is 4.79 Å². The Morgan fingerprint density at radius 1 is 0.931 bits per heavy atom. The van der Waals surface area contributed by atoms with Gasteiger partial charge in [0, 0.05) is 31.9 Å². The number of hydrogen-bond donors (Lipinski definition) is 1. The molecular formula is C25H29N3O. The van der Waals surface area contributed by atoms with E-state index in [1.165, 1.54) is 22.0 Å². The molecule has 0 bridgehead atoms. The van der Waals surface area contributed by atoms with Crippen LogP contribution in [0.5, 0.6) is 0 Å². The minimum Gasteiger partial charge on any atom is -0.369 e. The molecule has 4 rings (SSSR count). The Bertz CT molecular complexity index is 992. The Labute approximate surface area is 173 Å². The third-order valence-corrected chi connectivity index (χ3v) is 5.76. The highest BCUT2D eigenvalue weighted by Gasteiger charge is 2.20. The lowest BCUT2D eigenvalue weighted by atomic mass is 10.0. The number of amides is 1. The molecule has 3 aromatic rings. The fourth-order valence-corrected chi connectivity index (χ4v) is 4.04. The molecule has 1 amide bonds. The monoisotopic (exact) mass is 387 g/mol. The normalized spacial score (nSPS) is 16.0. The van der Waals surface area contributed by atoms with Crippen molar-refractivity contribution < 1.29 is 4.79 Å². The number of anilines is 1. The van der Waals surface area contributed by atoms with Crippen LogP contribution in [-0.2, 0) is 4.79 Å². The summed E-state index contributed by atoms with van der Waals surface area (Å²) >= 11 is 0. The molecule has 0 aromatic heterocycles. The maximum Gasteiger partial charge on any atom is 0.234 e. The van der Waals surface area contributed by atoms with Gasteiger partial charge in [0.2, 0.25) is 5.91 Å². The molecule has 4 heteroatoms. The van der Waals surface area contributed by atoms with Gasteiger partial charge in [-0.3, -0.25) is 9.69 Å². The molecule has 0 radical (unpaired) electrons. The number of nitrogens with zero attached hydrogens (tertiary/aromatic N) is 2. The maximum atomic E-state index is 12.6. The first-order valence-corrected chi connectivity index (χ1v) is 10.4. The van der Waals surface area contributed by atoms with E-state index in [-0.39, 0.29) is 11.9 Å². The van der Waals surface area contributed by atoms with Crippen molar-refractivity contribution >= 4 is 22.4 Å². The van der Waals surface area contributed by atoms with Crippen LogP contribution in [0.25, 0.3) is 10.8 Å². The first kappa shape index (κ1) is 19.5. The smallest absolute Gasteiger partial charge is 0.234 e. The lowest BCUT2D eigenvalue weighted by molar-refractivity contribution is -0.123. The van der Waals surface area contributed by atoms with Crippen LogP contribution in [0.2, 0.25) is 0 Å². The highest BCUT2D eigenvalue weighted by Crippen LogP contribution is 2.21. The molecule has 1 unspecified atom stereocenters. The third kappa shape index (κ3) is 4.77. The number of nitrogens with one attached hydrogen (secondary N) is 1. The zero-order valence-corrected chi connectivity index (χ0v) is 17.3. The Hall–Kier alpha value is -2.85. The Morgan fingerprint density at radius 3 is 2.45 bits per heavy atom. The van der Waals surface area contributed by atoms with Gasteiger partial charge in [0.1, 0.15) is 0 Å². The summed E-state index contributed by atoms with van der Waals surface area (Å²) in [5, 5.41) is 5.59. The summed E-state index contributed by atoms with van der Waals surface area (Å²) in [7, 11) is 0. The number of rotatable bonds is 5. The molecule has 1 atom stereocenters. The number of benzene rings is 3. The quantitative estimate of drug-likeness (QED) is 0.714. The maximum absolute atomic E-state index is 12.6. The average Bonchev–Trinajstić information content (AvgIpc) is 2.74. The Kier molecular flexibility index (Phi) is 5.81. The summed E-state index contributed by atoms with van der Waals surface area (Å²) < 4.78 is 0. The van der Waals surface area contributed by atoms with Crippen molar-refractivity contribution in [2.75, 3.05) is 37.6 Å². The summed E-state index contributed by atoms with van der Waals surface area (Å²) in [5.41, 5.74) is 3.70. The zero-order chi connectivity index (χ0) is 20.2. The van der Waals surface area contributed by atoms with E-state index >= 15 is 0 Å². The van der Waals surface area contributed by atoms with Gasteiger partial charge in [-0.1, -0.05) is 48.5 Å². The number of aryl methyl sites for hydroxylation is 1. The second-order valence-corrected chi connectivity index (χ2v) is 8.00.